The second kappa shape index (κ2) is 4.45. The lowest BCUT2D eigenvalue weighted by Crippen LogP contribution is -2.23. The second-order valence-electron chi connectivity index (χ2n) is 4.39. The Kier molecular flexibility index (Phi) is 3.15. The zero-order chi connectivity index (χ0) is 12.6. The number of anilines is 1. The normalized spacial score (nSPS) is 23.1. The fourth-order valence-corrected chi connectivity index (χ4v) is 2.52. The maximum absolute atomic E-state index is 5.97. The minimum atomic E-state index is -0.0268. The van der Waals surface area contributed by atoms with Crippen molar-refractivity contribution in [2.45, 2.75) is 32.5 Å². The summed E-state index contributed by atoms with van der Waals surface area (Å²) < 4.78 is 16.6. The number of ether oxygens (including phenoxy) is 3. The maximum Gasteiger partial charge on any atom is 0.148 e. The standard InChI is InChI=1S/C13H19NO3/c1-7-5-9-11(15-3)6-10(14)13(16-4)12(9)8(2)17-7/h6-8H,5,14H2,1-4H3/t7-,8+/m1/s1. The fraction of sp³-hybridized carbons (Fsp3) is 0.538. The van der Waals surface area contributed by atoms with Crippen molar-refractivity contribution in [1.29, 1.82) is 0 Å². The predicted molar refractivity (Wildman–Crippen MR) is 66.6 cm³/mol. The van der Waals surface area contributed by atoms with Crippen molar-refractivity contribution < 1.29 is 14.2 Å². The molecule has 0 spiro atoms. The maximum atomic E-state index is 5.97. The summed E-state index contributed by atoms with van der Waals surface area (Å²) in [6.45, 7) is 4.07. The zero-order valence-electron chi connectivity index (χ0n) is 10.7. The molecule has 17 heavy (non-hydrogen) atoms. The largest absolute Gasteiger partial charge is 0.496 e. The molecule has 0 aliphatic carbocycles. The molecule has 1 aromatic rings. The molecule has 1 aromatic carbocycles. The molecule has 0 unspecified atom stereocenters. The Morgan fingerprint density at radius 1 is 1.29 bits per heavy atom. The second-order valence-corrected chi connectivity index (χ2v) is 4.39. The molecule has 0 saturated heterocycles. The third kappa shape index (κ3) is 1.93. The van der Waals surface area contributed by atoms with E-state index in [4.69, 9.17) is 19.9 Å². The lowest BCUT2D eigenvalue weighted by atomic mass is 9.92. The van der Waals surface area contributed by atoms with Crippen LogP contribution in [0.2, 0.25) is 0 Å². The molecule has 0 radical (unpaired) electrons. The van der Waals surface area contributed by atoms with Crippen molar-refractivity contribution in [3.05, 3.63) is 17.2 Å². The van der Waals surface area contributed by atoms with Gasteiger partial charge in [-0.2, -0.15) is 0 Å². The third-order valence-corrected chi connectivity index (χ3v) is 3.17. The van der Waals surface area contributed by atoms with Crippen LogP contribution in [0.25, 0.3) is 0 Å². The Balaban J connectivity index is 2.65. The molecule has 0 aromatic heterocycles. The minimum Gasteiger partial charge on any atom is -0.496 e. The van der Waals surface area contributed by atoms with Crippen LogP contribution in [0.1, 0.15) is 31.1 Å². The Bertz CT molecular complexity index is 431. The van der Waals surface area contributed by atoms with Crippen LogP contribution in [0.4, 0.5) is 5.69 Å². The highest BCUT2D eigenvalue weighted by atomic mass is 16.5. The first-order chi connectivity index (χ1) is 8.08. The molecule has 94 valence electrons. The van der Waals surface area contributed by atoms with Gasteiger partial charge in [-0.1, -0.05) is 0 Å². The summed E-state index contributed by atoms with van der Waals surface area (Å²) in [5, 5.41) is 0. The molecule has 0 fully saturated rings. The average molecular weight is 237 g/mol. The third-order valence-electron chi connectivity index (χ3n) is 3.17. The quantitative estimate of drug-likeness (QED) is 0.802. The van der Waals surface area contributed by atoms with Gasteiger partial charge in [-0.25, -0.2) is 0 Å². The van der Waals surface area contributed by atoms with E-state index in [2.05, 4.69) is 6.92 Å². The predicted octanol–water partition coefficient (Wildman–Crippen LogP) is 2.31. The Morgan fingerprint density at radius 3 is 2.59 bits per heavy atom. The number of fused-ring (bicyclic) bond motifs is 1. The molecule has 1 aliphatic heterocycles. The van der Waals surface area contributed by atoms with Gasteiger partial charge in [0.1, 0.15) is 11.5 Å². The van der Waals surface area contributed by atoms with E-state index >= 15 is 0 Å². The highest BCUT2D eigenvalue weighted by Gasteiger charge is 2.29. The van der Waals surface area contributed by atoms with Crippen LogP contribution in [-0.4, -0.2) is 20.3 Å². The van der Waals surface area contributed by atoms with Crippen LogP contribution in [-0.2, 0) is 11.2 Å². The molecular formula is C13H19NO3. The molecule has 2 rings (SSSR count). The summed E-state index contributed by atoms with van der Waals surface area (Å²) in [6, 6.07) is 1.82. The van der Waals surface area contributed by atoms with E-state index in [1.54, 1.807) is 14.2 Å². The number of hydrogen-bond acceptors (Lipinski definition) is 4. The van der Waals surface area contributed by atoms with Gasteiger partial charge >= 0.3 is 0 Å². The first kappa shape index (κ1) is 12.0. The van der Waals surface area contributed by atoms with Crippen molar-refractivity contribution in [2.24, 2.45) is 0 Å². The molecule has 0 saturated carbocycles. The van der Waals surface area contributed by atoms with Crippen LogP contribution < -0.4 is 15.2 Å². The van der Waals surface area contributed by atoms with Gasteiger partial charge in [-0.05, 0) is 13.8 Å². The number of nitrogen functional groups attached to an aromatic ring is 1. The van der Waals surface area contributed by atoms with Crippen molar-refractivity contribution in [3.8, 4) is 11.5 Å². The summed E-state index contributed by atoms with van der Waals surface area (Å²) in [6.07, 6.45) is 0.972. The van der Waals surface area contributed by atoms with Crippen LogP contribution in [0, 0.1) is 0 Å². The van der Waals surface area contributed by atoms with Crippen molar-refractivity contribution >= 4 is 5.69 Å². The van der Waals surface area contributed by atoms with Crippen LogP contribution in [0.5, 0.6) is 11.5 Å². The highest BCUT2D eigenvalue weighted by Crippen LogP contribution is 2.44. The molecule has 4 nitrogen and oxygen atoms in total. The summed E-state index contributed by atoms with van der Waals surface area (Å²) >= 11 is 0. The van der Waals surface area contributed by atoms with Crippen LogP contribution >= 0.6 is 0 Å². The van der Waals surface area contributed by atoms with E-state index in [1.165, 1.54) is 0 Å². The number of rotatable bonds is 2. The van der Waals surface area contributed by atoms with E-state index in [1.807, 2.05) is 13.0 Å². The van der Waals surface area contributed by atoms with Gasteiger partial charge in [-0.3, -0.25) is 0 Å². The van der Waals surface area contributed by atoms with E-state index in [9.17, 15) is 0 Å². The van der Waals surface area contributed by atoms with Gasteiger partial charge in [0.05, 0.1) is 32.1 Å². The molecule has 2 N–H and O–H groups in total. The van der Waals surface area contributed by atoms with Gasteiger partial charge < -0.3 is 19.9 Å². The zero-order valence-corrected chi connectivity index (χ0v) is 10.7. The Labute approximate surface area is 102 Å². The summed E-state index contributed by atoms with van der Waals surface area (Å²) in [4.78, 5) is 0. The van der Waals surface area contributed by atoms with Crippen molar-refractivity contribution in [1.82, 2.24) is 0 Å². The Morgan fingerprint density at radius 2 is 2.00 bits per heavy atom. The van der Waals surface area contributed by atoms with Gasteiger partial charge in [-0.15, -0.1) is 0 Å². The van der Waals surface area contributed by atoms with E-state index in [0.717, 1.165) is 23.3 Å². The fourth-order valence-electron chi connectivity index (χ4n) is 2.52. The van der Waals surface area contributed by atoms with Gasteiger partial charge in [0.15, 0.2) is 0 Å². The Hall–Kier alpha value is -1.42. The molecule has 0 amide bonds. The van der Waals surface area contributed by atoms with E-state index < -0.39 is 0 Å². The minimum absolute atomic E-state index is 0.0268. The first-order valence-electron chi connectivity index (χ1n) is 5.77. The molecule has 1 aliphatic rings. The van der Waals surface area contributed by atoms with Crippen molar-refractivity contribution in [3.63, 3.8) is 0 Å². The number of benzene rings is 1. The van der Waals surface area contributed by atoms with Crippen LogP contribution in [0.15, 0.2) is 6.07 Å². The monoisotopic (exact) mass is 237 g/mol. The lowest BCUT2D eigenvalue weighted by Gasteiger charge is -2.31. The summed E-state index contributed by atoms with van der Waals surface area (Å²) in [7, 11) is 3.29. The van der Waals surface area contributed by atoms with Gasteiger partial charge in [0.25, 0.3) is 0 Å². The van der Waals surface area contributed by atoms with Crippen LogP contribution in [0.3, 0.4) is 0 Å². The lowest BCUT2D eigenvalue weighted by molar-refractivity contribution is -0.00661. The highest BCUT2D eigenvalue weighted by molar-refractivity contribution is 5.65. The topological polar surface area (TPSA) is 53.7 Å². The van der Waals surface area contributed by atoms with Gasteiger partial charge in [0, 0.05) is 23.6 Å². The van der Waals surface area contributed by atoms with Crippen molar-refractivity contribution in [2.75, 3.05) is 20.0 Å². The average Bonchev–Trinajstić information content (AvgIpc) is 2.28. The SMILES string of the molecule is COc1cc(N)c(OC)c2c1C[C@@H](C)O[C@H]2C. The first-order valence-corrected chi connectivity index (χ1v) is 5.77. The molecule has 0 bridgehead atoms. The summed E-state index contributed by atoms with van der Waals surface area (Å²) in [5.41, 5.74) is 8.72. The molecule has 2 atom stereocenters. The molecule has 1 heterocycles. The molecular weight excluding hydrogens is 218 g/mol. The van der Waals surface area contributed by atoms with E-state index in [0.29, 0.717) is 11.4 Å². The smallest absolute Gasteiger partial charge is 0.148 e. The number of nitrogens with two attached hydrogens (primary N) is 1. The van der Waals surface area contributed by atoms with Gasteiger partial charge in [0.2, 0.25) is 0 Å². The summed E-state index contributed by atoms with van der Waals surface area (Å²) in [5.74, 6) is 1.53. The van der Waals surface area contributed by atoms with E-state index in [-0.39, 0.29) is 12.2 Å². The number of hydrogen-bond donors (Lipinski definition) is 1. The molecule has 4 heteroatoms. The number of methoxy groups -OCH3 is 2.